The quantitative estimate of drug-likeness (QED) is 0.738. The van der Waals surface area contributed by atoms with Gasteiger partial charge in [-0.25, -0.2) is 4.39 Å². The minimum atomic E-state index is -4.46. The van der Waals surface area contributed by atoms with Crippen LogP contribution in [0.5, 0.6) is 0 Å². The van der Waals surface area contributed by atoms with Crippen LogP contribution in [0.1, 0.15) is 37.2 Å². The zero-order valence-electron chi connectivity index (χ0n) is 12.2. The molecule has 1 aromatic carbocycles. The van der Waals surface area contributed by atoms with Gasteiger partial charge in [-0.15, -0.1) is 0 Å². The maximum atomic E-state index is 13.8. The normalized spacial score (nSPS) is 23.1. The first-order chi connectivity index (χ1) is 10.4. The number of allylic oxidation sites excluding steroid dienone is 1. The number of alkyl halides is 3. The van der Waals surface area contributed by atoms with Crippen LogP contribution in [0.2, 0.25) is 0 Å². The van der Waals surface area contributed by atoms with Crippen molar-refractivity contribution in [1.29, 1.82) is 0 Å². The Balaban J connectivity index is 2.02. The zero-order chi connectivity index (χ0) is 16.2. The van der Waals surface area contributed by atoms with Crippen LogP contribution in [0.25, 0.3) is 6.08 Å². The number of rotatable bonds is 4. The summed E-state index contributed by atoms with van der Waals surface area (Å²) in [6.07, 6.45) is -2.37. The second-order valence-electron chi connectivity index (χ2n) is 5.31. The van der Waals surface area contributed by atoms with Crippen molar-refractivity contribution in [2.75, 3.05) is 13.2 Å². The molecule has 0 aliphatic carbocycles. The van der Waals surface area contributed by atoms with E-state index >= 15 is 0 Å². The van der Waals surface area contributed by atoms with Crippen LogP contribution in [0, 0.1) is 11.7 Å². The molecule has 1 aliphatic rings. The van der Waals surface area contributed by atoms with Crippen LogP contribution < -0.4 is 0 Å². The largest absolute Gasteiger partial charge is 0.409 e. The Bertz CT molecular complexity index is 517. The van der Waals surface area contributed by atoms with E-state index in [2.05, 4.69) is 6.92 Å². The second kappa shape index (κ2) is 7.24. The van der Waals surface area contributed by atoms with Crippen LogP contribution >= 0.6 is 0 Å². The second-order valence-corrected chi connectivity index (χ2v) is 5.31. The fraction of sp³-hybridized carbons (Fsp3) is 0.500. The molecule has 1 aromatic rings. The van der Waals surface area contributed by atoms with Gasteiger partial charge in [0.15, 0.2) is 6.29 Å². The van der Waals surface area contributed by atoms with Crippen molar-refractivity contribution in [3.63, 3.8) is 0 Å². The highest BCUT2D eigenvalue weighted by atomic mass is 19.4. The van der Waals surface area contributed by atoms with Gasteiger partial charge in [-0.2, -0.15) is 13.2 Å². The van der Waals surface area contributed by atoms with E-state index in [0.29, 0.717) is 30.8 Å². The summed E-state index contributed by atoms with van der Waals surface area (Å²) in [6.45, 7) is 3.15. The van der Waals surface area contributed by atoms with Gasteiger partial charge in [0.2, 0.25) is 0 Å². The van der Waals surface area contributed by atoms with E-state index in [1.54, 1.807) is 0 Å². The molecule has 0 spiro atoms. The lowest BCUT2D eigenvalue weighted by atomic mass is 10.0. The number of benzene rings is 1. The Morgan fingerprint density at radius 2 is 1.91 bits per heavy atom. The van der Waals surface area contributed by atoms with E-state index < -0.39 is 18.3 Å². The van der Waals surface area contributed by atoms with Gasteiger partial charge in [0.1, 0.15) is 5.82 Å². The molecule has 6 heteroatoms. The lowest BCUT2D eigenvalue weighted by Crippen LogP contribution is -2.27. The highest BCUT2D eigenvalue weighted by Gasteiger charge is 2.24. The first-order valence-corrected chi connectivity index (χ1v) is 7.17. The molecular formula is C16H18F4O2. The summed E-state index contributed by atoms with van der Waals surface area (Å²) in [5, 5.41) is 0. The van der Waals surface area contributed by atoms with Crippen molar-refractivity contribution in [2.45, 2.75) is 32.2 Å². The minimum Gasteiger partial charge on any atom is -0.348 e. The molecule has 0 radical (unpaired) electrons. The molecular weight excluding hydrogens is 300 g/mol. The van der Waals surface area contributed by atoms with Gasteiger partial charge < -0.3 is 9.47 Å². The van der Waals surface area contributed by atoms with E-state index in [9.17, 15) is 17.6 Å². The smallest absolute Gasteiger partial charge is 0.348 e. The van der Waals surface area contributed by atoms with Crippen molar-refractivity contribution >= 4 is 6.08 Å². The van der Waals surface area contributed by atoms with E-state index in [-0.39, 0.29) is 11.6 Å². The molecule has 1 fully saturated rings. The summed E-state index contributed by atoms with van der Waals surface area (Å²) >= 11 is 0. The summed E-state index contributed by atoms with van der Waals surface area (Å²) in [7, 11) is 0. The lowest BCUT2D eigenvalue weighted by molar-refractivity contribution is -0.206. The van der Waals surface area contributed by atoms with Crippen molar-refractivity contribution < 1.29 is 27.0 Å². The molecule has 0 N–H and O–H groups in total. The van der Waals surface area contributed by atoms with Crippen molar-refractivity contribution in [2.24, 2.45) is 5.92 Å². The molecule has 2 nitrogen and oxygen atoms in total. The molecule has 122 valence electrons. The predicted molar refractivity (Wildman–Crippen MR) is 74.5 cm³/mol. The summed E-state index contributed by atoms with van der Waals surface area (Å²) in [5.41, 5.74) is 0.345. The minimum absolute atomic E-state index is 0.00798. The van der Waals surface area contributed by atoms with Crippen molar-refractivity contribution in [1.82, 2.24) is 0 Å². The van der Waals surface area contributed by atoms with Crippen LogP contribution in [0.15, 0.2) is 24.3 Å². The molecule has 2 rings (SSSR count). The van der Waals surface area contributed by atoms with Crippen molar-refractivity contribution in [3.8, 4) is 0 Å². The Kier molecular flexibility index (Phi) is 5.58. The van der Waals surface area contributed by atoms with E-state index in [1.165, 1.54) is 12.1 Å². The summed E-state index contributed by atoms with van der Waals surface area (Å²) in [6, 6.07) is 3.96. The molecule has 0 saturated carbocycles. The summed E-state index contributed by atoms with van der Waals surface area (Å²) < 4.78 is 61.2. The maximum absolute atomic E-state index is 13.8. The van der Waals surface area contributed by atoms with Gasteiger partial charge in [0.25, 0.3) is 0 Å². The fourth-order valence-electron chi connectivity index (χ4n) is 2.32. The molecule has 0 aromatic heterocycles. The number of hydrogen-bond acceptors (Lipinski definition) is 2. The average Bonchev–Trinajstić information content (AvgIpc) is 2.46. The molecule has 1 heterocycles. The van der Waals surface area contributed by atoms with Gasteiger partial charge in [-0.1, -0.05) is 25.5 Å². The highest BCUT2D eigenvalue weighted by molar-refractivity contribution is 5.51. The predicted octanol–water partition coefficient (Wildman–Crippen LogP) is 4.86. The summed E-state index contributed by atoms with van der Waals surface area (Å²) in [4.78, 5) is 0. The monoisotopic (exact) mass is 318 g/mol. The topological polar surface area (TPSA) is 18.5 Å². The first-order valence-electron chi connectivity index (χ1n) is 7.17. The van der Waals surface area contributed by atoms with Gasteiger partial charge in [-0.05, 0) is 18.6 Å². The van der Waals surface area contributed by atoms with Gasteiger partial charge in [0.05, 0.1) is 13.2 Å². The van der Waals surface area contributed by atoms with Crippen LogP contribution in [0.4, 0.5) is 17.6 Å². The third kappa shape index (κ3) is 4.81. The number of hydrogen-bond donors (Lipinski definition) is 0. The average molecular weight is 318 g/mol. The van der Waals surface area contributed by atoms with Crippen LogP contribution in [-0.2, 0) is 9.47 Å². The molecule has 0 bridgehead atoms. The Labute approximate surface area is 126 Å². The van der Waals surface area contributed by atoms with Gasteiger partial charge in [0, 0.05) is 23.1 Å². The summed E-state index contributed by atoms with van der Waals surface area (Å²) in [5.74, 6) is -0.402. The third-order valence-electron chi connectivity index (χ3n) is 3.41. The highest BCUT2D eigenvalue weighted by Crippen LogP contribution is 2.28. The first kappa shape index (κ1) is 17.0. The standard InChI is InChI=1S/C16H18F4O2/c1-2-3-11-9-21-15(22-10-11)13-5-4-12(14(17)8-13)6-7-16(18,19)20/h4-8,11,15H,2-3,9-10H2,1H3/b7-6+. The SMILES string of the molecule is CCCC1COC(c2ccc(/C=C/C(F)(F)F)c(F)c2)OC1. The Hall–Kier alpha value is -1.40. The third-order valence-corrected chi connectivity index (χ3v) is 3.41. The lowest BCUT2D eigenvalue weighted by Gasteiger charge is -2.29. The molecule has 0 unspecified atom stereocenters. The van der Waals surface area contributed by atoms with Crippen LogP contribution in [-0.4, -0.2) is 19.4 Å². The fourth-order valence-corrected chi connectivity index (χ4v) is 2.32. The molecule has 22 heavy (non-hydrogen) atoms. The van der Waals surface area contributed by atoms with E-state index in [4.69, 9.17) is 9.47 Å². The van der Waals surface area contributed by atoms with E-state index in [0.717, 1.165) is 18.9 Å². The van der Waals surface area contributed by atoms with Gasteiger partial charge >= 0.3 is 6.18 Å². The zero-order valence-corrected chi connectivity index (χ0v) is 12.2. The van der Waals surface area contributed by atoms with Gasteiger partial charge in [-0.3, -0.25) is 0 Å². The maximum Gasteiger partial charge on any atom is 0.409 e. The van der Waals surface area contributed by atoms with Crippen LogP contribution in [0.3, 0.4) is 0 Å². The number of ether oxygens (including phenoxy) is 2. The van der Waals surface area contributed by atoms with Crippen molar-refractivity contribution in [3.05, 3.63) is 41.2 Å². The molecule has 0 atom stereocenters. The van der Waals surface area contributed by atoms with E-state index in [1.807, 2.05) is 0 Å². The Morgan fingerprint density at radius 3 is 2.45 bits per heavy atom. The molecule has 0 amide bonds. The molecule has 1 aliphatic heterocycles. The molecule has 1 saturated heterocycles. The Morgan fingerprint density at radius 1 is 1.23 bits per heavy atom. The number of halogens is 4.